The Morgan fingerprint density at radius 2 is 1.76 bits per heavy atom. The van der Waals surface area contributed by atoms with E-state index in [-0.39, 0.29) is 11.3 Å². The highest BCUT2D eigenvalue weighted by Gasteiger charge is 2.17. The molecule has 0 aliphatic rings. The number of aromatic nitrogens is 1. The predicted molar refractivity (Wildman–Crippen MR) is 67.0 cm³/mol. The van der Waals surface area contributed by atoms with Crippen LogP contribution in [0.3, 0.4) is 0 Å². The molecule has 108 valence electrons. The van der Waals surface area contributed by atoms with E-state index in [9.17, 15) is 22.8 Å². The monoisotopic (exact) mass is 295 g/mol. The maximum absolute atomic E-state index is 13.1. The van der Waals surface area contributed by atoms with E-state index >= 15 is 0 Å². The van der Waals surface area contributed by atoms with Crippen LogP contribution in [-0.4, -0.2) is 16.8 Å². The lowest BCUT2D eigenvalue weighted by molar-refractivity contribution is 0.100. The summed E-state index contributed by atoms with van der Waals surface area (Å²) in [6.07, 6.45) is 2.43. The molecule has 0 unspecified atom stereocenters. The Labute approximate surface area is 116 Å². The first-order valence-electron chi connectivity index (χ1n) is 5.60. The molecule has 0 saturated carbocycles. The number of pyridine rings is 1. The molecule has 2 aromatic rings. The second-order valence-corrected chi connectivity index (χ2v) is 3.99. The quantitative estimate of drug-likeness (QED) is 0.847. The Morgan fingerprint density at radius 1 is 1.14 bits per heavy atom. The van der Waals surface area contributed by atoms with Crippen LogP contribution >= 0.6 is 0 Å². The summed E-state index contributed by atoms with van der Waals surface area (Å²) in [5, 5.41) is 2.22. The number of amides is 2. The van der Waals surface area contributed by atoms with Crippen molar-refractivity contribution in [2.45, 2.75) is 0 Å². The average Bonchev–Trinajstić information content (AvgIpc) is 2.44. The summed E-state index contributed by atoms with van der Waals surface area (Å²) in [6, 6.07) is 2.34. The van der Waals surface area contributed by atoms with Crippen LogP contribution in [0, 0.1) is 17.5 Å². The lowest BCUT2D eigenvalue weighted by atomic mass is 10.1. The smallest absolute Gasteiger partial charge is 0.255 e. The first-order chi connectivity index (χ1) is 9.90. The van der Waals surface area contributed by atoms with Gasteiger partial charge in [-0.1, -0.05) is 0 Å². The van der Waals surface area contributed by atoms with Gasteiger partial charge in [-0.15, -0.1) is 0 Å². The predicted octanol–water partition coefficient (Wildman–Crippen LogP) is 1.85. The third kappa shape index (κ3) is 2.99. The van der Waals surface area contributed by atoms with E-state index in [1.807, 2.05) is 0 Å². The first kappa shape index (κ1) is 14.5. The van der Waals surface area contributed by atoms with Crippen molar-refractivity contribution in [1.29, 1.82) is 0 Å². The van der Waals surface area contributed by atoms with Gasteiger partial charge < -0.3 is 11.1 Å². The van der Waals surface area contributed by atoms with Crippen LogP contribution in [0.25, 0.3) is 0 Å². The van der Waals surface area contributed by atoms with E-state index in [1.165, 1.54) is 12.3 Å². The number of nitrogens with one attached hydrogen (secondary N) is 1. The number of anilines is 1. The van der Waals surface area contributed by atoms with Crippen LogP contribution in [0.5, 0.6) is 0 Å². The molecule has 0 atom stereocenters. The summed E-state index contributed by atoms with van der Waals surface area (Å²) in [6.45, 7) is 0. The van der Waals surface area contributed by atoms with Crippen LogP contribution in [0.2, 0.25) is 0 Å². The molecule has 0 bridgehead atoms. The van der Waals surface area contributed by atoms with E-state index in [2.05, 4.69) is 10.3 Å². The Morgan fingerprint density at radius 3 is 2.33 bits per heavy atom. The number of halogens is 3. The number of benzene rings is 1. The Hall–Kier alpha value is -2.90. The van der Waals surface area contributed by atoms with Crippen molar-refractivity contribution in [3.8, 4) is 0 Å². The number of rotatable bonds is 3. The number of primary amides is 1. The van der Waals surface area contributed by atoms with Crippen LogP contribution in [-0.2, 0) is 0 Å². The largest absolute Gasteiger partial charge is 0.366 e. The number of nitrogens with zero attached hydrogens (tertiary/aromatic N) is 1. The van der Waals surface area contributed by atoms with Crippen molar-refractivity contribution >= 4 is 17.5 Å². The van der Waals surface area contributed by atoms with E-state index in [0.29, 0.717) is 12.1 Å². The first-order valence-corrected chi connectivity index (χ1v) is 5.60. The van der Waals surface area contributed by atoms with Gasteiger partial charge in [-0.3, -0.25) is 14.6 Å². The molecule has 2 rings (SSSR count). The SMILES string of the molecule is NC(=O)c1ccncc1NC(=O)c1cc(F)c(F)c(F)c1. The van der Waals surface area contributed by atoms with Crippen LogP contribution in [0.15, 0.2) is 30.6 Å². The lowest BCUT2D eigenvalue weighted by Gasteiger charge is -2.08. The Bertz CT molecular complexity index is 711. The molecule has 21 heavy (non-hydrogen) atoms. The Balaban J connectivity index is 2.33. The summed E-state index contributed by atoms with van der Waals surface area (Å²) in [5.41, 5.74) is 4.60. The molecule has 0 spiro atoms. The van der Waals surface area contributed by atoms with E-state index < -0.39 is 34.8 Å². The number of nitrogens with two attached hydrogens (primary N) is 1. The van der Waals surface area contributed by atoms with Crippen molar-refractivity contribution in [3.63, 3.8) is 0 Å². The topological polar surface area (TPSA) is 85.1 Å². The molecular formula is C13H8F3N3O2. The van der Waals surface area contributed by atoms with Crippen molar-refractivity contribution < 1.29 is 22.8 Å². The molecular weight excluding hydrogens is 287 g/mol. The minimum atomic E-state index is -1.68. The van der Waals surface area contributed by atoms with E-state index in [0.717, 1.165) is 6.20 Å². The molecule has 2 amide bonds. The van der Waals surface area contributed by atoms with Gasteiger partial charge in [-0.2, -0.15) is 0 Å². The molecule has 1 aromatic carbocycles. The van der Waals surface area contributed by atoms with Crippen LogP contribution in [0.1, 0.15) is 20.7 Å². The lowest BCUT2D eigenvalue weighted by Crippen LogP contribution is -2.19. The molecule has 0 saturated heterocycles. The number of hydrogen-bond acceptors (Lipinski definition) is 3. The molecule has 3 N–H and O–H groups in total. The zero-order chi connectivity index (χ0) is 15.6. The molecule has 1 heterocycles. The fourth-order valence-electron chi connectivity index (χ4n) is 1.59. The molecule has 0 fully saturated rings. The molecule has 5 nitrogen and oxygen atoms in total. The molecule has 0 aliphatic carbocycles. The summed E-state index contributed by atoms with van der Waals surface area (Å²) in [7, 11) is 0. The number of hydrogen-bond donors (Lipinski definition) is 2. The zero-order valence-electron chi connectivity index (χ0n) is 10.4. The van der Waals surface area contributed by atoms with Gasteiger partial charge in [0.25, 0.3) is 11.8 Å². The highest BCUT2D eigenvalue weighted by molar-refractivity contribution is 6.08. The van der Waals surface area contributed by atoms with Crippen molar-refractivity contribution in [3.05, 3.63) is 59.2 Å². The van der Waals surface area contributed by atoms with Gasteiger partial charge in [-0.05, 0) is 18.2 Å². The standard InChI is InChI=1S/C13H8F3N3O2/c14-8-3-6(4-9(15)11(8)16)13(21)19-10-5-18-2-1-7(10)12(17)20/h1-5H,(H2,17,20)(H,19,21). The summed E-state index contributed by atoms with van der Waals surface area (Å²) < 4.78 is 38.9. The highest BCUT2D eigenvalue weighted by Crippen LogP contribution is 2.17. The normalized spacial score (nSPS) is 10.2. The van der Waals surface area contributed by atoms with Gasteiger partial charge in [-0.25, -0.2) is 13.2 Å². The van der Waals surface area contributed by atoms with Gasteiger partial charge in [0.2, 0.25) is 0 Å². The summed E-state index contributed by atoms with van der Waals surface area (Å²) in [4.78, 5) is 26.7. The Kier molecular flexibility index (Phi) is 3.88. The van der Waals surface area contributed by atoms with Crippen molar-refractivity contribution in [1.82, 2.24) is 4.98 Å². The molecule has 8 heteroatoms. The van der Waals surface area contributed by atoms with Gasteiger partial charge in [0.05, 0.1) is 17.4 Å². The summed E-state index contributed by atoms with van der Waals surface area (Å²) in [5.74, 6) is -6.43. The second-order valence-electron chi connectivity index (χ2n) is 3.99. The molecule has 0 radical (unpaired) electrons. The van der Waals surface area contributed by atoms with Gasteiger partial charge in [0, 0.05) is 11.8 Å². The van der Waals surface area contributed by atoms with Gasteiger partial charge in [0.1, 0.15) is 0 Å². The fraction of sp³-hybridized carbons (Fsp3) is 0. The third-order valence-corrected chi connectivity index (χ3v) is 2.58. The van der Waals surface area contributed by atoms with Crippen LogP contribution in [0.4, 0.5) is 18.9 Å². The second kappa shape index (κ2) is 5.61. The third-order valence-electron chi connectivity index (χ3n) is 2.58. The van der Waals surface area contributed by atoms with E-state index in [1.54, 1.807) is 0 Å². The molecule has 0 aliphatic heterocycles. The average molecular weight is 295 g/mol. The maximum Gasteiger partial charge on any atom is 0.255 e. The van der Waals surface area contributed by atoms with Gasteiger partial charge >= 0.3 is 0 Å². The van der Waals surface area contributed by atoms with Crippen molar-refractivity contribution in [2.75, 3.05) is 5.32 Å². The number of carbonyl (C=O) groups is 2. The molecule has 1 aromatic heterocycles. The van der Waals surface area contributed by atoms with Gasteiger partial charge in [0.15, 0.2) is 17.5 Å². The highest BCUT2D eigenvalue weighted by atomic mass is 19.2. The number of carbonyl (C=O) groups excluding carboxylic acids is 2. The minimum Gasteiger partial charge on any atom is -0.366 e. The minimum absolute atomic E-state index is 0.0265. The summed E-state index contributed by atoms with van der Waals surface area (Å²) >= 11 is 0. The maximum atomic E-state index is 13.1. The van der Waals surface area contributed by atoms with Crippen LogP contribution < -0.4 is 11.1 Å². The zero-order valence-corrected chi connectivity index (χ0v) is 10.4. The fourth-order valence-corrected chi connectivity index (χ4v) is 1.59. The van der Waals surface area contributed by atoms with Crippen molar-refractivity contribution in [2.24, 2.45) is 5.73 Å². The van der Waals surface area contributed by atoms with E-state index in [4.69, 9.17) is 5.73 Å².